The van der Waals surface area contributed by atoms with Crippen LogP contribution in [-0.2, 0) is 4.79 Å². The van der Waals surface area contributed by atoms with Crippen molar-refractivity contribution in [3.8, 4) is 0 Å². The molecule has 1 saturated carbocycles. The van der Waals surface area contributed by atoms with Crippen LogP contribution in [0.5, 0.6) is 0 Å². The van der Waals surface area contributed by atoms with E-state index in [-0.39, 0.29) is 11.4 Å². The average Bonchev–Trinajstić information content (AvgIpc) is 2.14. The molecule has 4 heteroatoms. The Hall–Kier alpha value is -0.610. The first-order valence-corrected chi connectivity index (χ1v) is 6.64. The van der Waals surface area contributed by atoms with Gasteiger partial charge in [-0.15, -0.1) is 0 Å². The van der Waals surface area contributed by atoms with E-state index in [0.717, 1.165) is 13.1 Å². The van der Waals surface area contributed by atoms with Crippen molar-refractivity contribution >= 4 is 5.91 Å². The van der Waals surface area contributed by atoms with E-state index in [4.69, 9.17) is 0 Å². The minimum Gasteiger partial charge on any atom is -0.354 e. The van der Waals surface area contributed by atoms with Gasteiger partial charge < -0.3 is 15.5 Å². The maximum Gasteiger partial charge on any atom is 0.221 e. The van der Waals surface area contributed by atoms with Gasteiger partial charge in [0, 0.05) is 31.1 Å². The van der Waals surface area contributed by atoms with Crippen molar-refractivity contribution in [2.75, 3.05) is 27.2 Å². The van der Waals surface area contributed by atoms with Crippen LogP contribution in [0.2, 0.25) is 0 Å². The summed E-state index contributed by atoms with van der Waals surface area (Å²) in [7, 11) is 4.21. The summed E-state index contributed by atoms with van der Waals surface area (Å²) in [4.78, 5) is 13.9. The summed E-state index contributed by atoms with van der Waals surface area (Å²) in [5, 5.41) is 6.31. The number of carbonyl (C=O) groups excluding carboxylic acids is 1. The Balaban J connectivity index is 2.19. The van der Waals surface area contributed by atoms with E-state index in [2.05, 4.69) is 43.5 Å². The minimum absolute atomic E-state index is 0.159. The maximum absolute atomic E-state index is 11.7. The van der Waals surface area contributed by atoms with Crippen LogP contribution >= 0.6 is 0 Å². The Kier molecular flexibility index (Phi) is 5.40. The third-order valence-corrected chi connectivity index (χ3v) is 3.75. The second-order valence-corrected chi connectivity index (χ2v) is 5.61. The number of likely N-dealkylation sites (N-methyl/N-ethyl adjacent to an activating group) is 1. The summed E-state index contributed by atoms with van der Waals surface area (Å²) >= 11 is 0. The van der Waals surface area contributed by atoms with Crippen molar-refractivity contribution in [3.63, 3.8) is 0 Å². The topological polar surface area (TPSA) is 44.4 Å². The quantitative estimate of drug-likeness (QED) is 0.698. The highest BCUT2D eigenvalue weighted by atomic mass is 16.1. The van der Waals surface area contributed by atoms with Crippen molar-refractivity contribution in [3.05, 3.63) is 0 Å². The van der Waals surface area contributed by atoms with E-state index in [1.54, 1.807) is 0 Å². The summed E-state index contributed by atoms with van der Waals surface area (Å²) in [5.41, 5.74) is 0.223. The second-order valence-electron chi connectivity index (χ2n) is 5.61. The van der Waals surface area contributed by atoms with Gasteiger partial charge in [0.05, 0.1) is 0 Å². The predicted molar refractivity (Wildman–Crippen MR) is 71.0 cm³/mol. The molecule has 0 unspecified atom stereocenters. The predicted octanol–water partition coefficient (Wildman–Crippen LogP) is 0.975. The molecule has 1 aliphatic carbocycles. The Morgan fingerprint density at radius 3 is 2.41 bits per heavy atom. The van der Waals surface area contributed by atoms with Crippen LogP contribution in [0.4, 0.5) is 0 Å². The molecule has 0 aromatic rings. The van der Waals surface area contributed by atoms with Crippen LogP contribution < -0.4 is 10.6 Å². The first kappa shape index (κ1) is 14.5. The van der Waals surface area contributed by atoms with Gasteiger partial charge in [0.25, 0.3) is 0 Å². The number of carbonyl (C=O) groups is 1. The highest BCUT2D eigenvalue weighted by Crippen LogP contribution is 2.35. The maximum atomic E-state index is 11.7. The molecule has 0 atom stereocenters. The molecule has 1 amide bonds. The van der Waals surface area contributed by atoms with Gasteiger partial charge in [0.2, 0.25) is 5.91 Å². The standard InChI is InChI=1S/C13H27N3O/c1-11(2)14-9-6-12(17)15-10-13(16(3)4)7-5-8-13/h11,14H,5-10H2,1-4H3,(H,15,17). The van der Waals surface area contributed by atoms with Crippen LogP contribution in [0, 0.1) is 0 Å². The van der Waals surface area contributed by atoms with Gasteiger partial charge in [-0.25, -0.2) is 0 Å². The van der Waals surface area contributed by atoms with E-state index < -0.39 is 0 Å². The largest absolute Gasteiger partial charge is 0.354 e. The fourth-order valence-electron chi connectivity index (χ4n) is 2.19. The van der Waals surface area contributed by atoms with Crippen LogP contribution in [0.25, 0.3) is 0 Å². The molecule has 0 aliphatic heterocycles. The highest BCUT2D eigenvalue weighted by Gasteiger charge is 2.38. The second kappa shape index (κ2) is 6.36. The molecule has 0 aromatic carbocycles. The zero-order valence-corrected chi connectivity index (χ0v) is 11.7. The molecule has 17 heavy (non-hydrogen) atoms. The van der Waals surface area contributed by atoms with Gasteiger partial charge >= 0.3 is 0 Å². The summed E-state index contributed by atoms with van der Waals surface area (Å²) in [6, 6.07) is 0.447. The third-order valence-electron chi connectivity index (χ3n) is 3.75. The molecule has 4 nitrogen and oxygen atoms in total. The summed E-state index contributed by atoms with van der Waals surface area (Å²) < 4.78 is 0. The Bertz CT molecular complexity index is 247. The zero-order valence-electron chi connectivity index (χ0n) is 11.7. The number of nitrogens with one attached hydrogen (secondary N) is 2. The Morgan fingerprint density at radius 2 is 2.00 bits per heavy atom. The fraction of sp³-hybridized carbons (Fsp3) is 0.923. The Morgan fingerprint density at radius 1 is 1.35 bits per heavy atom. The van der Waals surface area contributed by atoms with E-state index in [1.165, 1.54) is 19.3 Å². The first-order chi connectivity index (χ1) is 7.96. The lowest BCUT2D eigenvalue weighted by Crippen LogP contribution is -2.57. The molecule has 0 aromatic heterocycles. The van der Waals surface area contributed by atoms with Gasteiger partial charge in [0.15, 0.2) is 0 Å². The first-order valence-electron chi connectivity index (χ1n) is 6.64. The zero-order chi connectivity index (χ0) is 12.9. The van der Waals surface area contributed by atoms with E-state index in [0.29, 0.717) is 12.5 Å². The van der Waals surface area contributed by atoms with Gasteiger partial charge in [-0.2, -0.15) is 0 Å². The number of hydrogen-bond donors (Lipinski definition) is 2. The number of rotatable bonds is 7. The van der Waals surface area contributed by atoms with Crippen LogP contribution in [0.3, 0.4) is 0 Å². The van der Waals surface area contributed by atoms with Gasteiger partial charge in [-0.1, -0.05) is 13.8 Å². The molecule has 0 bridgehead atoms. The normalized spacial score (nSPS) is 18.2. The molecule has 0 radical (unpaired) electrons. The number of nitrogens with zero attached hydrogens (tertiary/aromatic N) is 1. The molecule has 0 heterocycles. The molecule has 1 aliphatic rings. The SMILES string of the molecule is CC(C)NCCC(=O)NCC1(N(C)C)CCC1. The summed E-state index contributed by atoms with van der Waals surface area (Å²) in [5.74, 6) is 0.159. The molecule has 1 fully saturated rings. The van der Waals surface area contributed by atoms with Crippen LogP contribution in [0.1, 0.15) is 39.5 Å². The van der Waals surface area contributed by atoms with Gasteiger partial charge in [-0.3, -0.25) is 4.79 Å². The average molecular weight is 241 g/mol. The number of hydrogen-bond acceptors (Lipinski definition) is 3. The van der Waals surface area contributed by atoms with Gasteiger partial charge in [-0.05, 0) is 33.4 Å². The molecular formula is C13H27N3O. The van der Waals surface area contributed by atoms with Crippen molar-refractivity contribution in [2.24, 2.45) is 0 Å². The monoisotopic (exact) mass is 241 g/mol. The van der Waals surface area contributed by atoms with Gasteiger partial charge in [0.1, 0.15) is 0 Å². The molecule has 0 spiro atoms. The minimum atomic E-state index is 0.159. The molecule has 1 rings (SSSR count). The highest BCUT2D eigenvalue weighted by molar-refractivity contribution is 5.76. The summed E-state index contributed by atoms with van der Waals surface area (Å²) in [6.45, 7) is 5.74. The lowest BCUT2D eigenvalue weighted by molar-refractivity contribution is -0.122. The van der Waals surface area contributed by atoms with E-state index >= 15 is 0 Å². The molecule has 100 valence electrons. The fourth-order valence-corrected chi connectivity index (χ4v) is 2.19. The number of amides is 1. The van der Waals surface area contributed by atoms with Crippen molar-refractivity contribution in [1.82, 2.24) is 15.5 Å². The Labute approximate surface area is 105 Å². The van der Waals surface area contributed by atoms with Crippen molar-refractivity contribution < 1.29 is 4.79 Å². The van der Waals surface area contributed by atoms with E-state index in [1.807, 2.05) is 0 Å². The van der Waals surface area contributed by atoms with Crippen LogP contribution in [0.15, 0.2) is 0 Å². The summed E-state index contributed by atoms with van der Waals surface area (Å²) in [6.07, 6.45) is 4.25. The molecule has 2 N–H and O–H groups in total. The van der Waals surface area contributed by atoms with E-state index in [9.17, 15) is 4.79 Å². The molecular weight excluding hydrogens is 214 g/mol. The molecule has 0 saturated heterocycles. The third kappa shape index (κ3) is 4.28. The lowest BCUT2D eigenvalue weighted by Gasteiger charge is -2.47. The van der Waals surface area contributed by atoms with Crippen LogP contribution in [-0.4, -0.2) is 49.6 Å². The lowest BCUT2D eigenvalue weighted by atomic mass is 9.75. The van der Waals surface area contributed by atoms with Crippen molar-refractivity contribution in [2.45, 2.75) is 51.1 Å². The van der Waals surface area contributed by atoms with Crippen molar-refractivity contribution in [1.29, 1.82) is 0 Å². The smallest absolute Gasteiger partial charge is 0.221 e.